The Bertz CT molecular complexity index is 1030. The molecule has 1 heterocycles. The number of aryl methyl sites for hydroxylation is 1. The highest BCUT2D eigenvalue weighted by Crippen LogP contribution is 2.21. The Morgan fingerprint density at radius 2 is 1.84 bits per heavy atom. The largest absolute Gasteiger partial charge is 0.444 e. The summed E-state index contributed by atoms with van der Waals surface area (Å²) in [6.07, 6.45) is 0.786. The van der Waals surface area contributed by atoms with Gasteiger partial charge in [0.25, 0.3) is 10.1 Å². The standard InChI is InChI=1S/C25H39N3O8S/c1-16(2)14-19(28-24(32)36-25(3,4)12-10-17-8-6-5-7-9-17)22(30)27-20(23(31)37(33,34)35)15-18-11-13-26-21(18)29/h5-9,16,18-20,23,31H,10-15H2,1-4H3,(H,26,29)(H,27,30)(H,28,32)(H,33,34,35)/t18-,19-,20-,23?/m0/s1. The van der Waals surface area contributed by atoms with Gasteiger partial charge in [-0.15, -0.1) is 0 Å². The highest BCUT2D eigenvalue weighted by molar-refractivity contribution is 7.86. The van der Waals surface area contributed by atoms with E-state index in [1.54, 1.807) is 13.8 Å². The summed E-state index contributed by atoms with van der Waals surface area (Å²) in [6, 6.07) is 7.15. The van der Waals surface area contributed by atoms with E-state index in [2.05, 4.69) is 16.0 Å². The lowest BCUT2D eigenvalue weighted by Crippen LogP contribution is -2.55. The summed E-state index contributed by atoms with van der Waals surface area (Å²) in [4.78, 5) is 37.8. The van der Waals surface area contributed by atoms with Crippen LogP contribution in [-0.2, 0) is 30.9 Å². The molecule has 1 saturated heterocycles. The number of carbonyl (C=O) groups is 3. The van der Waals surface area contributed by atoms with Crippen LogP contribution in [0.1, 0.15) is 58.9 Å². The number of carbonyl (C=O) groups excluding carboxylic acids is 3. The van der Waals surface area contributed by atoms with Crippen molar-refractivity contribution < 1.29 is 37.2 Å². The molecule has 0 aliphatic carbocycles. The fraction of sp³-hybridized carbons (Fsp3) is 0.640. The predicted octanol–water partition coefficient (Wildman–Crippen LogP) is 1.76. The third-order valence-electron chi connectivity index (χ3n) is 6.22. The van der Waals surface area contributed by atoms with E-state index in [9.17, 15) is 32.5 Å². The zero-order chi connectivity index (χ0) is 27.8. The van der Waals surface area contributed by atoms with Crippen molar-refractivity contribution in [3.05, 3.63) is 35.9 Å². The van der Waals surface area contributed by atoms with Crippen LogP contribution in [-0.4, -0.2) is 65.7 Å². The Kier molecular flexibility index (Phi) is 10.9. The summed E-state index contributed by atoms with van der Waals surface area (Å²) in [6.45, 7) is 7.58. The molecule has 1 aromatic rings. The summed E-state index contributed by atoms with van der Waals surface area (Å²) in [7, 11) is -4.93. The first kappa shape index (κ1) is 30.5. The summed E-state index contributed by atoms with van der Waals surface area (Å²) < 4.78 is 38.2. The number of hydrogen-bond donors (Lipinski definition) is 5. The van der Waals surface area contributed by atoms with Crippen molar-refractivity contribution in [3.8, 4) is 0 Å². The molecule has 208 valence electrons. The monoisotopic (exact) mass is 541 g/mol. The Morgan fingerprint density at radius 1 is 1.19 bits per heavy atom. The first-order chi connectivity index (χ1) is 17.2. The lowest BCUT2D eigenvalue weighted by molar-refractivity contribution is -0.126. The van der Waals surface area contributed by atoms with Crippen LogP contribution < -0.4 is 16.0 Å². The van der Waals surface area contributed by atoms with Crippen molar-refractivity contribution in [1.29, 1.82) is 0 Å². The summed E-state index contributed by atoms with van der Waals surface area (Å²) in [5, 5.41) is 17.8. The average molecular weight is 542 g/mol. The molecule has 1 aliphatic rings. The van der Waals surface area contributed by atoms with Gasteiger partial charge in [-0.3, -0.25) is 14.1 Å². The van der Waals surface area contributed by atoms with E-state index < -0.39 is 51.2 Å². The van der Waals surface area contributed by atoms with Crippen LogP contribution in [0.3, 0.4) is 0 Å². The van der Waals surface area contributed by atoms with Crippen LogP contribution in [0.25, 0.3) is 0 Å². The molecule has 1 unspecified atom stereocenters. The van der Waals surface area contributed by atoms with Crippen LogP contribution >= 0.6 is 0 Å². The molecule has 37 heavy (non-hydrogen) atoms. The quantitative estimate of drug-likeness (QED) is 0.235. The molecule has 3 amide bonds. The van der Waals surface area contributed by atoms with Gasteiger partial charge in [0.2, 0.25) is 17.3 Å². The maximum absolute atomic E-state index is 13.1. The van der Waals surface area contributed by atoms with Gasteiger partial charge in [-0.2, -0.15) is 8.42 Å². The SMILES string of the molecule is CC(C)C[C@H](NC(=O)OC(C)(C)CCc1ccccc1)C(=O)N[C@@H](C[C@@H]1CCNC1=O)C(O)S(=O)(=O)O. The molecule has 0 radical (unpaired) electrons. The van der Waals surface area contributed by atoms with Gasteiger partial charge < -0.3 is 25.8 Å². The third kappa shape index (κ3) is 10.3. The van der Waals surface area contributed by atoms with Crippen molar-refractivity contribution in [3.63, 3.8) is 0 Å². The summed E-state index contributed by atoms with van der Waals surface area (Å²) in [5.74, 6) is -1.78. The Hall–Kier alpha value is -2.70. The molecule has 0 aromatic heterocycles. The van der Waals surface area contributed by atoms with Gasteiger partial charge in [0, 0.05) is 12.5 Å². The van der Waals surface area contributed by atoms with Crippen LogP contribution in [0.2, 0.25) is 0 Å². The molecule has 12 heteroatoms. The van der Waals surface area contributed by atoms with Crippen LogP contribution in [0, 0.1) is 11.8 Å². The minimum absolute atomic E-state index is 0.0345. The zero-order valence-electron chi connectivity index (χ0n) is 21.8. The number of aliphatic hydroxyl groups excluding tert-OH is 1. The number of alkyl carbamates (subject to hydrolysis) is 1. The number of aliphatic hydroxyl groups is 1. The van der Waals surface area contributed by atoms with E-state index in [1.807, 2.05) is 44.2 Å². The highest BCUT2D eigenvalue weighted by Gasteiger charge is 2.38. The first-order valence-electron chi connectivity index (χ1n) is 12.4. The predicted molar refractivity (Wildman–Crippen MR) is 137 cm³/mol. The van der Waals surface area contributed by atoms with Crippen molar-refractivity contribution in [2.45, 2.75) is 82.9 Å². The molecule has 2 rings (SSSR count). The second-order valence-electron chi connectivity index (χ2n) is 10.5. The molecule has 0 bridgehead atoms. The number of ether oxygens (including phenoxy) is 1. The van der Waals surface area contributed by atoms with Crippen LogP contribution in [0.15, 0.2) is 30.3 Å². The van der Waals surface area contributed by atoms with Gasteiger partial charge in [0.1, 0.15) is 11.6 Å². The van der Waals surface area contributed by atoms with E-state index >= 15 is 0 Å². The molecule has 0 saturated carbocycles. The lowest BCUT2D eigenvalue weighted by atomic mass is 9.97. The van der Waals surface area contributed by atoms with E-state index in [-0.39, 0.29) is 24.7 Å². The highest BCUT2D eigenvalue weighted by atomic mass is 32.2. The van der Waals surface area contributed by atoms with Gasteiger partial charge in [-0.1, -0.05) is 44.2 Å². The topological polar surface area (TPSA) is 171 Å². The smallest absolute Gasteiger partial charge is 0.408 e. The Labute approximate surface area is 218 Å². The lowest BCUT2D eigenvalue weighted by Gasteiger charge is -2.29. The number of benzene rings is 1. The van der Waals surface area contributed by atoms with E-state index in [1.165, 1.54) is 0 Å². The molecule has 4 atom stereocenters. The van der Waals surface area contributed by atoms with Gasteiger partial charge >= 0.3 is 6.09 Å². The minimum Gasteiger partial charge on any atom is -0.444 e. The van der Waals surface area contributed by atoms with Gasteiger partial charge in [-0.25, -0.2) is 4.79 Å². The average Bonchev–Trinajstić information content (AvgIpc) is 3.20. The van der Waals surface area contributed by atoms with Crippen molar-refractivity contribution in [1.82, 2.24) is 16.0 Å². The second-order valence-corrected chi connectivity index (χ2v) is 12.0. The molecular weight excluding hydrogens is 502 g/mol. The molecule has 11 nitrogen and oxygen atoms in total. The fourth-order valence-electron chi connectivity index (χ4n) is 4.18. The Balaban J connectivity index is 2.07. The molecule has 0 spiro atoms. The van der Waals surface area contributed by atoms with Crippen molar-refractivity contribution in [2.24, 2.45) is 11.8 Å². The molecule has 5 N–H and O–H groups in total. The maximum Gasteiger partial charge on any atom is 0.408 e. The third-order valence-corrected chi connectivity index (χ3v) is 7.16. The minimum atomic E-state index is -4.93. The van der Waals surface area contributed by atoms with E-state index in [4.69, 9.17) is 4.74 Å². The maximum atomic E-state index is 13.1. The fourth-order valence-corrected chi connectivity index (χ4v) is 4.77. The molecule has 1 aliphatic heterocycles. The summed E-state index contributed by atoms with van der Waals surface area (Å²) in [5.41, 5.74) is -2.08. The summed E-state index contributed by atoms with van der Waals surface area (Å²) >= 11 is 0. The van der Waals surface area contributed by atoms with Crippen molar-refractivity contribution in [2.75, 3.05) is 6.54 Å². The number of rotatable bonds is 13. The number of amides is 3. The number of nitrogens with one attached hydrogen (secondary N) is 3. The van der Waals surface area contributed by atoms with Gasteiger partial charge in [0.15, 0.2) is 0 Å². The van der Waals surface area contributed by atoms with Gasteiger partial charge in [-0.05, 0) is 57.4 Å². The Morgan fingerprint density at radius 3 is 2.38 bits per heavy atom. The van der Waals surface area contributed by atoms with Crippen LogP contribution in [0.4, 0.5) is 4.79 Å². The zero-order valence-corrected chi connectivity index (χ0v) is 22.6. The van der Waals surface area contributed by atoms with Crippen molar-refractivity contribution >= 4 is 28.0 Å². The second kappa shape index (κ2) is 13.2. The first-order valence-corrected chi connectivity index (χ1v) is 13.9. The molecular formula is C25H39N3O8S. The van der Waals surface area contributed by atoms with Gasteiger partial charge in [0.05, 0.1) is 6.04 Å². The molecule has 1 fully saturated rings. The number of hydrogen-bond acceptors (Lipinski definition) is 7. The van der Waals surface area contributed by atoms with E-state index in [0.717, 1.165) is 5.56 Å². The van der Waals surface area contributed by atoms with E-state index in [0.29, 0.717) is 25.8 Å². The normalized spacial score (nSPS) is 18.6. The molecule has 1 aromatic carbocycles. The van der Waals surface area contributed by atoms with Crippen LogP contribution in [0.5, 0.6) is 0 Å².